The number of benzene rings is 1. The maximum Gasteiger partial charge on any atom is 0.303 e. The van der Waals surface area contributed by atoms with Crippen LogP contribution in [0.2, 0.25) is 0 Å². The third-order valence-electron chi connectivity index (χ3n) is 2.81. The summed E-state index contributed by atoms with van der Waals surface area (Å²) in [4.78, 5) is 33.3. The van der Waals surface area contributed by atoms with Gasteiger partial charge in [0.05, 0.1) is 0 Å². The van der Waals surface area contributed by atoms with E-state index in [0.717, 1.165) is 5.56 Å². The molecule has 0 aliphatic rings. The first-order chi connectivity index (χ1) is 9.49. The van der Waals surface area contributed by atoms with Crippen LogP contribution in [0.1, 0.15) is 24.8 Å². The summed E-state index contributed by atoms with van der Waals surface area (Å²) >= 11 is 0. The van der Waals surface area contributed by atoms with Crippen molar-refractivity contribution in [3.63, 3.8) is 0 Å². The van der Waals surface area contributed by atoms with E-state index in [1.54, 1.807) is 0 Å². The fourth-order valence-electron chi connectivity index (χ4n) is 1.72. The lowest BCUT2D eigenvalue weighted by Gasteiger charge is -2.14. The second kappa shape index (κ2) is 7.93. The second-order valence-electron chi connectivity index (χ2n) is 4.44. The summed E-state index contributed by atoms with van der Waals surface area (Å²) in [5, 5.41) is 11.0. The first-order valence-corrected chi connectivity index (χ1v) is 6.33. The monoisotopic (exact) mass is 278 g/mol. The van der Waals surface area contributed by atoms with Crippen LogP contribution in [0.3, 0.4) is 0 Å². The van der Waals surface area contributed by atoms with Gasteiger partial charge in [-0.25, -0.2) is 0 Å². The van der Waals surface area contributed by atoms with Gasteiger partial charge in [0, 0.05) is 12.8 Å². The van der Waals surface area contributed by atoms with Gasteiger partial charge >= 0.3 is 5.97 Å². The molecule has 20 heavy (non-hydrogen) atoms. The Bertz CT molecular complexity index is 473. The number of carbonyl (C=O) groups is 3. The number of carboxylic acids is 1. The molecule has 0 aromatic heterocycles. The Morgan fingerprint density at radius 3 is 2.35 bits per heavy atom. The van der Waals surface area contributed by atoms with Crippen LogP contribution in [0.15, 0.2) is 30.3 Å². The molecule has 0 unspecified atom stereocenters. The highest BCUT2D eigenvalue weighted by molar-refractivity contribution is 5.87. The molecule has 0 heterocycles. The van der Waals surface area contributed by atoms with Crippen molar-refractivity contribution in [3.8, 4) is 0 Å². The maximum atomic E-state index is 11.7. The molecule has 4 N–H and O–H groups in total. The van der Waals surface area contributed by atoms with Gasteiger partial charge < -0.3 is 16.2 Å². The molecule has 0 radical (unpaired) electrons. The van der Waals surface area contributed by atoms with Gasteiger partial charge in [0.15, 0.2) is 0 Å². The number of rotatable bonds is 8. The van der Waals surface area contributed by atoms with Crippen LogP contribution in [0.5, 0.6) is 0 Å². The lowest BCUT2D eigenvalue weighted by Crippen LogP contribution is -2.44. The number of nitrogens with one attached hydrogen (secondary N) is 1. The molecule has 0 aliphatic carbocycles. The minimum absolute atomic E-state index is 0.00173. The Balaban J connectivity index is 2.41. The molecule has 1 rings (SSSR count). The zero-order valence-corrected chi connectivity index (χ0v) is 11.0. The smallest absolute Gasteiger partial charge is 0.303 e. The minimum atomic E-state index is -1.03. The van der Waals surface area contributed by atoms with E-state index in [-0.39, 0.29) is 25.2 Å². The molecule has 2 amide bonds. The average Bonchev–Trinajstić information content (AvgIpc) is 2.41. The Kier molecular flexibility index (Phi) is 6.22. The van der Waals surface area contributed by atoms with Gasteiger partial charge in [0.1, 0.15) is 6.04 Å². The standard InChI is InChI=1S/C14H18N2O4/c15-14(20)11(7-9-13(18)19)16-12(17)8-6-10-4-2-1-3-5-10/h1-5,11H,6-9H2,(H2,15,20)(H,16,17)(H,18,19)/t11-/m1/s1. The van der Waals surface area contributed by atoms with E-state index >= 15 is 0 Å². The summed E-state index contributed by atoms with van der Waals surface area (Å²) in [5.74, 6) is -2.07. The van der Waals surface area contributed by atoms with Crippen molar-refractivity contribution in [3.05, 3.63) is 35.9 Å². The van der Waals surface area contributed by atoms with Crippen molar-refractivity contribution < 1.29 is 19.5 Å². The molecule has 6 heteroatoms. The van der Waals surface area contributed by atoms with E-state index in [9.17, 15) is 14.4 Å². The number of primary amides is 1. The number of aryl methyl sites for hydroxylation is 1. The van der Waals surface area contributed by atoms with E-state index < -0.39 is 17.9 Å². The van der Waals surface area contributed by atoms with E-state index in [2.05, 4.69) is 5.32 Å². The topological polar surface area (TPSA) is 109 Å². The summed E-state index contributed by atoms with van der Waals surface area (Å²) in [6, 6.07) is 8.53. The number of carboxylic acid groups (broad SMARTS) is 1. The molecule has 6 nitrogen and oxygen atoms in total. The summed E-state index contributed by atoms with van der Waals surface area (Å²) < 4.78 is 0. The van der Waals surface area contributed by atoms with Crippen molar-refractivity contribution >= 4 is 17.8 Å². The Labute approximate surface area is 117 Å². The molecule has 0 saturated heterocycles. The first-order valence-electron chi connectivity index (χ1n) is 6.33. The summed E-state index contributed by atoms with van der Waals surface area (Å²) in [5.41, 5.74) is 6.15. The predicted octanol–water partition coefficient (Wildman–Crippen LogP) is 0.454. The Morgan fingerprint density at radius 1 is 1.15 bits per heavy atom. The molecule has 1 aromatic carbocycles. The highest BCUT2D eigenvalue weighted by Crippen LogP contribution is 2.03. The van der Waals surface area contributed by atoms with Crippen LogP contribution in [-0.4, -0.2) is 28.9 Å². The van der Waals surface area contributed by atoms with Crippen molar-refractivity contribution in [2.45, 2.75) is 31.7 Å². The molecule has 0 saturated carbocycles. The van der Waals surface area contributed by atoms with Gasteiger partial charge in [-0.15, -0.1) is 0 Å². The maximum absolute atomic E-state index is 11.7. The quantitative estimate of drug-likeness (QED) is 0.641. The molecule has 0 fully saturated rings. The average molecular weight is 278 g/mol. The van der Waals surface area contributed by atoms with Gasteiger partial charge in [-0.2, -0.15) is 0 Å². The third-order valence-corrected chi connectivity index (χ3v) is 2.81. The minimum Gasteiger partial charge on any atom is -0.481 e. The van der Waals surface area contributed by atoms with Gasteiger partial charge in [0.2, 0.25) is 11.8 Å². The zero-order chi connectivity index (χ0) is 15.0. The van der Waals surface area contributed by atoms with E-state index in [4.69, 9.17) is 10.8 Å². The van der Waals surface area contributed by atoms with Crippen LogP contribution < -0.4 is 11.1 Å². The van der Waals surface area contributed by atoms with Crippen molar-refractivity contribution in [2.75, 3.05) is 0 Å². The van der Waals surface area contributed by atoms with Crippen LogP contribution in [-0.2, 0) is 20.8 Å². The number of carbonyl (C=O) groups excluding carboxylic acids is 2. The number of nitrogens with two attached hydrogens (primary N) is 1. The van der Waals surface area contributed by atoms with Crippen LogP contribution in [0.4, 0.5) is 0 Å². The largest absolute Gasteiger partial charge is 0.481 e. The summed E-state index contributed by atoms with van der Waals surface area (Å²) in [7, 11) is 0. The number of aliphatic carboxylic acids is 1. The lowest BCUT2D eigenvalue weighted by molar-refractivity contribution is -0.137. The third kappa shape index (κ3) is 5.99. The zero-order valence-electron chi connectivity index (χ0n) is 11.0. The van der Waals surface area contributed by atoms with Crippen LogP contribution in [0.25, 0.3) is 0 Å². The molecule has 0 aliphatic heterocycles. The molecular formula is C14H18N2O4. The Morgan fingerprint density at radius 2 is 1.80 bits per heavy atom. The molecule has 108 valence electrons. The number of hydrogen-bond acceptors (Lipinski definition) is 3. The fourth-order valence-corrected chi connectivity index (χ4v) is 1.72. The van der Waals surface area contributed by atoms with Crippen LogP contribution in [0, 0.1) is 0 Å². The summed E-state index contributed by atoms with van der Waals surface area (Å²) in [6.07, 6.45) is 0.562. The molecule has 0 bridgehead atoms. The molecule has 0 spiro atoms. The van der Waals surface area contributed by atoms with E-state index in [1.165, 1.54) is 0 Å². The normalized spacial score (nSPS) is 11.6. The molecular weight excluding hydrogens is 260 g/mol. The first kappa shape index (κ1) is 15.7. The number of amides is 2. The van der Waals surface area contributed by atoms with Gasteiger partial charge in [0.25, 0.3) is 0 Å². The second-order valence-corrected chi connectivity index (χ2v) is 4.44. The van der Waals surface area contributed by atoms with E-state index in [0.29, 0.717) is 6.42 Å². The van der Waals surface area contributed by atoms with Crippen molar-refractivity contribution in [2.24, 2.45) is 5.73 Å². The van der Waals surface area contributed by atoms with Crippen molar-refractivity contribution in [1.82, 2.24) is 5.32 Å². The van der Waals surface area contributed by atoms with Gasteiger partial charge in [-0.05, 0) is 18.4 Å². The lowest BCUT2D eigenvalue weighted by atomic mass is 10.1. The molecule has 1 aromatic rings. The predicted molar refractivity (Wildman–Crippen MR) is 72.8 cm³/mol. The van der Waals surface area contributed by atoms with Gasteiger partial charge in [-0.3, -0.25) is 14.4 Å². The molecule has 1 atom stereocenters. The highest BCUT2D eigenvalue weighted by Gasteiger charge is 2.18. The van der Waals surface area contributed by atoms with Gasteiger partial charge in [-0.1, -0.05) is 30.3 Å². The SMILES string of the molecule is NC(=O)[C@@H](CCC(=O)O)NC(=O)CCc1ccccc1. The van der Waals surface area contributed by atoms with Crippen LogP contribution >= 0.6 is 0 Å². The number of hydrogen-bond donors (Lipinski definition) is 3. The summed E-state index contributed by atoms with van der Waals surface area (Å²) in [6.45, 7) is 0. The van der Waals surface area contributed by atoms with E-state index in [1.807, 2.05) is 30.3 Å². The van der Waals surface area contributed by atoms with Crippen molar-refractivity contribution in [1.29, 1.82) is 0 Å². The Hall–Kier alpha value is -2.37. The highest BCUT2D eigenvalue weighted by atomic mass is 16.4. The fraction of sp³-hybridized carbons (Fsp3) is 0.357.